The van der Waals surface area contributed by atoms with Crippen molar-refractivity contribution in [3.63, 3.8) is 0 Å². The van der Waals surface area contributed by atoms with E-state index < -0.39 is 10.0 Å². The summed E-state index contributed by atoms with van der Waals surface area (Å²) in [5.74, 6) is 0. The lowest BCUT2D eigenvalue weighted by Crippen LogP contribution is -2.52. The second-order valence-electron chi connectivity index (χ2n) is 6.22. The first kappa shape index (κ1) is 16.5. The quantitative estimate of drug-likeness (QED) is 0.872. The number of para-hydroxylation sites is 1. The summed E-state index contributed by atoms with van der Waals surface area (Å²) >= 11 is 6.02. The number of carbonyl (C=O) groups excluding carboxylic acids is 1. The molecule has 126 valence electrons. The van der Waals surface area contributed by atoms with Crippen molar-refractivity contribution in [1.29, 1.82) is 0 Å². The number of nitrogens with zero attached hydrogens (tertiary/aromatic N) is 1. The number of hydrogen-bond donors (Lipinski definition) is 2. The average Bonchev–Trinajstić information content (AvgIpc) is 2.74. The van der Waals surface area contributed by atoms with Gasteiger partial charge >= 0.3 is 6.03 Å². The molecular formula is C15H20ClN3O3S. The molecule has 2 N–H and O–H groups in total. The number of sulfonamides is 1. The van der Waals surface area contributed by atoms with Gasteiger partial charge in [0.15, 0.2) is 0 Å². The van der Waals surface area contributed by atoms with Crippen LogP contribution in [0.3, 0.4) is 0 Å². The third-order valence-electron chi connectivity index (χ3n) is 4.51. The summed E-state index contributed by atoms with van der Waals surface area (Å²) < 4.78 is 25.4. The van der Waals surface area contributed by atoms with Crippen LogP contribution in [-0.2, 0) is 10.0 Å². The molecule has 2 atom stereocenters. The van der Waals surface area contributed by atoms with Gasteiger partial charge in [0.2, 0.25) is 10.0 Å². The Kier molecular flexibility index (Phi) is 4.53. The van der Waals surface area contributed by atoms with Crippen LogP contribution < -0.4 is 10.6 Å². The molecule has 0 radical (unpaired) electrons. The van der Waals surface area contributed by atoms with Crippen molar-refractivity contribution >= 4 is 33.3 Å². The summed E-state index contributed by atoms with van der Waals surface area (Å²) in [6.45, 7) is 0. The van der Waals surface area contributed by atoms with Crippen LogP contribution in [-0.4, -0.2) is 43.1 Å². The maximum Gasteiger partial charge on any atom is 0.319 e. The van der Waals surface area contributed by atoms with Crippen LogP contribution in [0.15, 0.2) is 24.3 Å². The molecule has 6 nitrogen and oxygen atoms in total. The normalized spacial score (nSPS) is 27.7. The largest absolute Gasteiger partial charge is 0.335 e. The third kappa shape index (κ3) is 3.62. The van der Waals surface area contributed by atoms with Crippen molar-refractivity contribution in [3.05, 3.63) is 29.3 Å². The fourth-order valence-corrected chi connectivity index (χ4v) is 5.35. The first-order valence-electron chi connectivity index (χ1n) is 7.65. The maximum absolute atomic E-state index is 12.1. The van der Waals surface area contributed by atoms with Gasteiger partial charge in [-0.1, -0.05) is 23.7 Å². The second-order valence-corrected chi connectivity index (χ2v) is 8.52. The monoisotopic (exact) mass is 357 g/mol. The first-order valence-corrected chi connectivity index (χ1v) is 9.88. The number of rotatable bonds is 3. The Morgan fingerprint density at radius 2 is 1.83 bits per heavy atom. The van der Waals surface area contributed by atoms with E-state index in [4.69, 9.17) is 11.6 Å². The summed E-state index contributed by atoms with van der Waals surface area (Å²) in [5, 5.41) is 6.15. The molecule has 0 saturated carbocycles. The van der Waals surface area contributed by atoms with Crippen LogP contribution in [0.2, 0.25) is 5.02 Å². The topological polar surface area (TPSA) is 78.5 Å². The molecule has 1 aromatic carbocycles. The SMILES string of the molecule is CS(=O)(=O)N1C2CCC1CC(NC(=O)Nc1ccccc1Cl)C2. The van der Waals surface area contributed by atoms with Crippen molar-refractivity contribution < 1.29 is 13.2 Å². The van der Waals surface area contributed by atoms with Crippen LogP contribution in [0.4, 0.5) is 10.5 Å². The number of piperidine rings is 1. The fourth-order valence-electron chi connectivity index (χ4n) is 3.70. The minimum atomic E-state index is -3.18. The molecule has 2 aliphatic heterocycles. The average molecular weight is 358 g/mol. The zero-order valence-electron chi connectivity index (χ0n) is 12.8. The number of nitrogens with one attached hydrogen (secondary N) is 2. The number of halogens is 1. The van der Waals surface area contributed by atoms with Gasteiger partial charge in [-0.05, 0) is 37.8 Å². The highest BCUT2D eigenvalue weighted by Gasteiger charge is 2.45. The molecule has 0 aromatic heterocycles. The molecule has 1 aromatic rings. The van der Waals surface area contributed by atoms with E-state index in [1.807, 2.05) is 0 Å². The van der Waals surface area contributed by atoms with Crippen LogP contribution >= 0.6 is 11.6 Å². The lowest BCUT2D eigenvalue weighted by atomic mass is 10.00. The number of anilines is 1. The Hall–Kier alpha value is -1.31. The van der Waals surface area contributed by atoms with Crippen LogP contribution in [0.1, 0.15) is 25.7 Å². The highest BCUT2D eigenvalue weighted by molar-refractivity contribution is 7.88. The smallest absolute Gasteiger partial charge is 0.319 e. The lowest BCUT2D eigenvalue weighted by molar-refractivity contribution is 0.204. The highest BCUT2D eigenvalue weighted by Crippen LogP contribution is 2.37. The molecule has 8 heteroatoms. The number of benzene rings is 1. The molecule has 2 fully saturated rings. The number of urea groups is 1. The molecule has 0 aliphatic carbocycles. The van der Waals surface area contributed by atoms with Gasteiger partial charge in [0.1, 0.15) is 0 Å². The number of hydrogen-bond acceptors (Lipinski definition) is 3. The van der Waals surface area contributed by atoms with Crippen molar-refractivity contribution in [1.82, 2.24) is 9.62 Å². The van der Waals surface area contributed by atoms with E-state index in [0.717, 1.165) is 12.8 Å². The van der Waals surface area contributed by atoms with Crippen molar-refractivity contribution in [2.45, 2.75) is 43.8 Å². The van der Waals surface area contributed by atoms with Crippen LogP contribution in [0.5, 0.6) is 0 Å². The zero-order chi connectivity index (χ0) is 16.6. The molecule has 2 aliphatic rings. The summed E-state index contributed by atoms with van der Waals surface area (Å²) in [6.07, 6.45) is 4.29. The van der Waals surface area contributed by atoms with E-state index in [1.54, 1.807) is 28.6 Å². The molecule has 2 saturated heterocycles. The predicted octanol–water partition coefficient (Wildman–Crippen LogP) is 2.42. The van der Waals surface area contributed by atoms with Gasteiger partial charge in [0.25, 0.3) is 0 Å². The van der Waals surface area contributed by atoms with Gasteiger partial charge in [-0.3, -0.25) is 0 Å². The number of fused-ring (bicyclic) bond motifs is 2. The van der Waals surface area contributed by atoms with E-state index in [1.165, 1.54) is 6.26 Å². The Balaban J connectivity index is 1.61. The number of carbonyl (C=O) groups is 1. The van der Waals surface area contributed by atoms with E-state index in [0.29, 0.717) is 23.6 Å². The van der Waals surface area contributed by atoms with Crippen LogP contribution in [0.25, 0.3) is 0 Å². The van der Waals surface area contributed by atoms with E-state index in [9.17, 15) is 13.2 Å². The summed E-state index contributed by atoms with van der Waals surface area (Å²) in [7, 11) is -3.18. The molecule has 2 bridgehead atoms. The fraction of sp³-hybridized carbons (Fsp3) is 0.533. The van der Waals surface area contributed by atoms with E-state index >= 15 is 0 Å². The first-order chi connectivity index (χ1) is 10.8. The molecule has 2 unspecified atom stereocenters. The lowest BCUT2D eigenvalue weighted by Gasteiger charge is -2.37. The highest BCUT2D eigenvalue weighted by atomic mass is 35.5. The minimum Gasteiger partial charge on any atom is -0.335 e. The summed E-state index contributed by atoms with van der Waals surface area (Å²) in [5.41, 5.74) is 0.559. The van der Waals surface area contributed by atoms with Crippen molar-refractivity contribution in [3.8, 4) is 0 Å². The number of amides is 2. The standard InChI is InChI=1S/C15H20ClN3O3S/c1-23(21,22)19-11-6-7-12(19)9-10(8-11)17-15(20)18-14-5-3-2-4-13(14)16/h2-5,10-12H,6-9H2,1H3,(H2,17,18,20). The molecular weight excluding hydrogens is 338 g/mol. The molecule has 2 heterocycles. The van der Waals surface area contributed by atoms with Crippen LogP contribution in [0, 0.1) is 0 Å². The minimum absolute atomic E-state index is 0.00522. The van der Waals surface area contributed by atoms with Crippen molar-refractivity contribution in [2.75, 3.05) is 11.6 Å². The van der Waals surface area contributed by atoms with E-state index in [2.05, 4.69) is 10.6 Å². The summed E-state index contributed by atoms with van der Waals surface area (Å²) in [6, 6.07) is 6.70. The van der Waals surface area contributed by atoms with E-state index in [-0.39, 0.29) is 24.2 Å². The van der Waals surface area contributed by atoms with Gasteiger partial charge in [0.05, 0.1) is 17.0 Å². The Morgan fingerprint density at radius 3 is 2.39 bits per heavy atom. The Morgan fingerprint density at radius 1 is 1.22 bits per heavy atom. The Labute approximate surface area is 141 Å². The maximum atomic E-state index is 12.1. The second kappa shape index (κ2) is 6.30. The van der Waals surface area contributed by atoms with Gasteiger partial charge in [-0.15, -0.1) is 0 Å². The van der Waals surface area contributed by atoms with Crippen molar-refractivity contribution in [2.24, 2.45) is 0 Å². The molecule has 3 rings (SSSR count). The van der Waals surface area contributed by atoms with Gasteiger partial charge in [-0.25, -0.2) is 13.2 Å². The van der Waals surface area contributed by atoms with Gasteiger partial charge in [-0.2, -0.15) is 4.31 Å². The Bertz CT molecular complexity index is 696. The zero-order valence-corrected chi connectivity index (χ0v) is 14.4. The van der Waals surface area contributed by atoms with Gasteiger partial charge in [0, 0.05) is 18.1 Å². The molecule has 0 spiro atoms. The predicted molar refractivity (Wildman–Crippen MR) is 90.1 cm³/mol. The third-order valence-corrected chi connectivity index (χ3v) is 6.20. The summed E-state index contributed by atoms with van der Waals surface area (Å²) in [4.78, 5) is 12.1. The van der Waals surface area contributed by atoms with Gasteiger partial charge < -0.3 is 10.6 Å². The molecule has 2 amide bonds. The molecule has 23 heavy (non-hydrogen) atoms.